The Morgan fingerprint density at radius 1 is 0.258 bits per heavy atom. The van der Waals surface area contributed by atoms with Crippen molar-refractivity contribution in [1.82, 2.24) is 0 Å². The molecule has 0 aromatic carbocycles. The van der Waals surface area contributed by atoms with Gasteiger partial charge < -0.3 is 0 Å². The Morgan fingerprint density at radius 3 is 0.581 bits per heavy atom. The Hall–Kier alpha value is -6.73. The molecule has 0 nitrogen and oxygen atoms in total. The highest BCUT2D eigenvalue weighted by atomic mass is 13.6. The zero-order valence-corrected chi connectivity index (χ0v) is 15.8. The second-order valence-corrected chi connectivity index (χ2v) is 3.70. The lowest BCUT2D eigenvalue weighted by atomic mass is 10.4. The molecule has 0 radical (unpaired) electrons. The second kappa shape index (κ2) is 23.3. The second-order valence-electron chi connectivity index (χ2n) is 3.70. The molecule has 0 atom stereocenters. The minimum absolute atomic E-state index is 2.12. The van der Waals surface area contributed by atoms with Gasteiger partial charge in [0.2, 0.25) is 0 Å². The fraction of sp³-hybridized carbons (Fsp3) is 0. The Bertz CT molecular complexity index is 1650. The summed E-state index contributed by atoms with van der Waals surface area (Å²) in [6.07, 6.45) is 4.92. The van der Waals surface area contributed by atoms with Crippen molar-refractivity contribution < 1.29 is 0 Å². The molecule has 0 saturated carbocycles. The zero-order valence-electron chi connectivity index (χ0n) is 15.8. The van der Waals surface area contributed by atoms with E-state index >= 15 is 0 Å². The molecular formula is C31H3-. The van der Waals surface area contributed by atoms with Gasteiger partial charge in [-0.1, -0.05) is 0 Å². The minimum atomic E-state index is 2.12. The Balaban J connectivity index is 4.47. The highest BCUT2D eigenvalue weighted by Gasteiger charge is 1.59. The van der Waals surface area contributed by atoms with E-state index in [-0.39, 0.29) is 0 Å². The third kappa shape index (κ3) is 23.3. The molecule has 0 saturated heterocycles. The number of hydrogen-bond donors (Lipinski definition) is 0. The van der Waals surface area contributed by atoms with E-state index in [2.05, 4.69) is 179 Å². The van der Waals surface area contributed by atoms with Gasteiger partial charge in [-0.05, 0) is 94.7 Å². The van der Waals surface area contributed by atoms with Gasteiger partial charge in [-0.2, -0.15) is 6.92 Å². The molecule has 0 spiro atoms. The average molecular weight is 375 g/mol. The summed E-state index contributed by atoms with van der Waals surface area (Å²) in [5, 5.41) is 0. The molecule has 0 aromatic heterocycles. The van der Waals surface area contributed by atoms with E-state index in [0.717, 1.165) is 0 Å². The van der Waals surface area contributed by atoms with E-state index < -0.39 is 0 Å². The van der Waals surface area contributed by atoms with Crippen molar-refractivity contribution >= 4 is 0 Å². The van der Waals surface area contributed by atoms with Crippen LogP contribution in [0.1, 0.15) is 0 Å². The van der Waals surface area contributed by atoms with Gasteiger partial charge in [-0.3, -0.25) is 5.92 Å². The predicted molar refractivity (Wildman–Crippen MR) is 123 cm³/mol. The third-order valence-electron chi connectivity index (χ3n) is 1.79. The number of terminal acetylenes is 1. The van der Waals surface area contributed by atoms with Crippen LogP contribution in [-0.4, -0.2) is 0 Å². The predicted octanol–water partition coefficient (Wildman–Crippen LogP) is 0.501. The summed E-state index contributed by atoms with van der Waals surface area (Å²) in [4.78, 5) is 0. The van der Waals surface area contributed by atoms with Crippen molar-refractivity contribution in [1.29, 1.82) is 0 Å². The van der Waals surface area contributed by atoms with Gasteiger partial charge in [0.25, 0.3) is 0 Å². The van der Waals surface area contributed by atoms with Crippen molar-refractivity contribution in [2.45, 2.75) is 0 Å². The summed E-state index contributed by atoms with van der Waals surface area (Å²) in [6.45, 7) is 3.31. The zero-order chi connectivity index (χ0) is 22.5. The maximum absolute atomic E-state index is 4.92. The van der Waals surface area contributed by atoms with E-state index in [1.165, 1.54) is 0 Å². The monoisotopic (exact) mass is 375 g/mol. The summed E-state index contributed by atoms with van der Waals surface area (Å²) in [5.41, 5.74) is 0. The highest BCUT2D eigenvalue weighted by Crippen LogP contribution is 1.60. The molecule has 0 aliphatic rings. The van der Waals surface area contributed by atoms with Crippen LogP contribution in [0.5, 0.6) is 0 Å². The highest BCUT2D eigenvalue weighted by molar-refractivity contribution is 5.48. The maximum Gasteiger partial charge on any atom is 0 e. The van der Waals surface area contributed by atoms with Crippen LogP contribution in [0.15, 0.2) is 0 Å². The first-order valence-corrected chi connectivity index (χ1v) is 7.64. The first-order chi connectivity index (χ1) is 15.4. The lowest BCUT2D eigenvalue weighted by Gasteiger charge is -1.64. The molecule has 0 aliphatic carbocycles. The first-order valence-electron chi connectivity index (χ1n) is 7.64. The summed E-state index contributed by atoms with van der Waals surface area (Å²) < 4.78 is 0. The van der Waals surface area contributed by atoms with E-state index in [9.17, 15) is 0 Å². The standard InChI is InChI=1S/C31H3/c1-3-5-7-9-11-13-15-17-19-21-23-25-27-29-31-30-28-26-24-22-20-18-16-14-12-10-8-6-4-2/h1H,2H2/q-1. The van der Waals surface area contributed by atoms with Crippen molar-refractivity contribution in [3.63, 3.8) is 0 Å². The lowest BCUT2D eigenvalue weighted by molar-refractivity contribution is 2.31. The quantitative estimate of drug-likeness (QED) is 0.427. The fourth-order valence-electron chi connectivity index (χ4n) is 0.862. The van der Waals surface area contributed by atoms with Gasteiger partial charge in [0.1, 0.15) is 0 Å². The van der Waals surface area contributed by atoms with Crippen molar-refractivity contribution in [2.24, 2.45) is 0 Å². The van der Waals surface area contributed by atoms with Crippen LogP contribution >= 0.6 is 0 Å². The molecule has 0 aliphatic heterocycles. The SMILES string of the molecule is C#CC#CC#CC#CC#CC#CC#CC#CC#CC#CC#CC#CC#CC#CC#C[CH2-]. The van der Waals surface area contributed by atoms with Gasteiger partial charge >= 0.3 is 0 Å². The van der Waals surface area contributed by atoms with Crippen LogP contribution in [0.3, 0.4) is 0 Å². The summed E-state index contributed by atoms with van der Waals surface area (Å²) in [5.74, 6) is 71.3. The molecule has 31 heavy (non-hydrogen) atoms. The molecule has 0 heteroatoms. The average Bonchev–Trinajstić information content (AvgIpc) is 2.78. The Kier molecular flexibility index (Phi) is 18.2. The van der Waals surface area contributed by atoms with E-state index in [1.54, 1.807) is 0 Å². The molecule has 0 N–H and O–H groups in total. The number of hydrogen-bond acceptors (Lipinski definition) is 0. The Morgan fingerprint density at radius 2 is 0.419 bits per heavy atom. The molecule has 0 rings (SSSR count). The minimum Gasteiger partial charge on any atom is -0.284 e. The molecule has 0 unspecified atom stereocenters. The summed E-state index contributed by atoms with van der Waals surface area (Å²) in [7, 11) is 0. The maximum atomic E-state index is 4.92. The summed E-state index contributed by atoms with van der Waals surface area (Å²) in [6, 6.07) is 0. The van der Waals surface area contributed by atoms with Crippen LogP contribution in [-0.2, 0) is 0 Å². The van der Waals surface area contributed by atoms with Crippen molar-refractivity contribution in [3.05, 3.63) is 6.92 Å². The van der Waals surface area contributed by atoms with Crippen LogP contribution < -0.4 is 0 Å². The van der Waals surface area contributed by atoms with Crippen molar-refractivity contribution in [2.75, 3.05) is 0 Å². The van der Waals surface area contributed by atoms with Gasteiger partial charge in [0.05, 0.1) is 0 Å². The molecule has 0 bridgehead atoms. The van der Waals surface area contributed by atoms with E-state index in [1.807, 2.05) is 0 Å². The van der Waals surface area contributed by atoms with Crippen LogP contribution in [0.25, 0.3) is 0 Å². The molecule has 0 aromatic rings. The third-order valence-corrected chi connectivity index (χ3v) is 1.79. The van der Waals surface area contributed by atoms with Gasteiger partial charge in [0.15, 0.2) is 0 Å². The molecule has 128 valence electrons. The van der Waals surface area contributed by atoms with E-state index in [0.29, 0.717) is 0 Å². The van der Waals surface area contributed by atoms with Gasteiger partial charge in [-0.25, -0.2) is 5.92 Å². The van der Waals surface area contributed by atoms with Crippen LogP contribution in [0, 0.1) is 185 Å². The topological polar surface area (TPSA) is 0 Å². The molecule has 0 fully saturated rings. The first kappa shape index (κ1) is 24.3. The van der Waals surface area contributed by atoms with Gasteiger partial charge in [0, 0.05) is 59.2 Å². The van der Waals surface area contributed by atoms with Gasteiger partial charge in [-0.15, -0.1) is 12.3 Å². The molecule has 0 heterocycles. The largest absolute Gasteiger partial charge is 0.284 e. The normalized spacial score (nSPS) is 3.84. The summed E-state index contributed by atoms with van der Waals surface area (Å²) >= 11 is 0. The van der Waals surface area contributed by atoms with Crippen molar-refractivity contribution in [3.8, 4) is 178 Å². The smallest absolute Gasteiger partial charge is 0 e. The number of rotatable bonds is 0. The fourth-order valence-corrected chi connectivity index (χ4v) is 0.862. The Labute approximate surface area is 185 Å². The molecular weight excluding hydrogens is 372 g/mol. The van der Waals surface area contributed by atoms with Crippen LogP contribution in [0.2, 0.25) is 0 Å². The van der Waals surface area contributed by atoms with E-state index in [4.69, 9.17) is 6.42 Å². The lowest BCUT2D eigenvalue weighted by Crippen LogP contribution is -1.57. The molecule has 0 amide bonds. The van der Waals surface area contributed by atoms with Crippen LogP contribution in [0.4, 0.5) is 0 Å².